The first kappa shape index (κ1) is 18.1. The molecule has 0 aromatic heterocycles. The van der Waals surface area contributed by atoms with Crippen molar-refractivity contribution in [3.63, 3.8) is 0 Å². The molecule has 2 aromatic carbocycles. The van der Waals surface area contributed by atoms with Gasteiger partial charge in [-0.25, -0.2) is 0 Å². The summed E-state index contributed by atoms with van der Waals surface area (Å²) in [6.07, 6.45) is 1.47. The molecule has 122 valence electrons. The van der Waals surface area contributed by atoms with Crippen LogP contribution >= 0.6 is 27.5 Å². The topological polar surface area (TPSA) is 62.1 Å². The van der Waals surface area contributed by atoms with Crippen molar-refractivity contribution < 1.29 is 9.53 Å². The highest BCUT2D eigenvalue weighted by Gasteiger charge is 2.12. The van der Waals surface area contributed by atoms with Crippen molar-refractivity contribution in [1.82, 2.24) is 0 Å². The van der Waals surface area contributed by atoms with Crippen molar-refractivity contribution in [3.8, 4) is 11.8 Å². The first-order chi connectivity index (χ1) is 11.4. The van der Waals surface area contributed by atoms with Gasteiger partial charge < -0.3 is 10.1 Å². The number of nitriles is 1. The normalized spacial score (nSPS) is 10.9. The lowest BCUT2D eigenvalue weighted by molar-refractivity contribution is -0.112. The summed E-state index contributed by atoms with van der Waals surface area (Å²) in [5.74, 6) is 0.0147. The smallest absolute Gasteiger partial charge is 0.266 e. The Labute approximate surface area is 153 Å². The molecule has 0 aliphatic rings. The number of hydrogen-bond acceptors (Lipinski definition) is 3. The number of carbonyl (C=O) groups excluding carboxylic acids is 1. The van der Waals surface area contributed by atoms with E-state index >= 15 is 0 Å². The molecule has 0 radical (unpaired) electrons. The average molecular weight is 406 g/mol. The number of nitrogens with one attached hydrogen (secondary N) is 1. The molecule has 4 nitrogen and oxygen atoms in total. The van der Waals surface area contributed by atoms with E-state index in [9.17, 15) is 10.1 Å². The van der Waals surface area contributed by atoms with Crippen molar-refractivity contribution >= 4 is 45.2 Å². The quantitative estimate of drug-likeness (QED) is 0.577. The molecule has 24 heavy (non-hydrogen) atoms. The molecular weight excluding hydrogens is 392 g/mol. The zero-order chi connectivity index (χ0) is 17.7. The molecule has 0 bridgehead atoms. The van der Waals surface area contributed by atoms with Crippen LogP contribution in [0.5, 0.6) is 5.75 Å². The molecule has 0 spiro atoms. The minimum Gasteiger partial charge on any atom is -0.494 e. The monoisotopic (exact) mass is 404 g/mol. The van der Waals surface area contributed by atoms with Gasteiger partial charge in [-0.05, 0) is 58.8 Å². The number of amides is 1. The van der Waals surface area contributed by atoms with Gasteiger partial charge in [0, 0.05) is 5.69 Å². The second-order valence-corrected chi connectivity index (χ2v) is 6.27. The summed E-state index contributed by atoms with van der Waals surface area (Å²) < 4.78 is 5.79. The van der Waals surface area contributed by atoms with Crippen LogP contribution in [0.25, 0.3) is 6.08 Å². The number of aryl methyl sites for hydroxylation is 1. The SMILES string of the molecule is COc1c(Cl)cc(/C=C(/C#N)C(=O)Nc2ccc(C)cc2)cc1Br. The maximum Gasteiger partial charge on any atom is 0.266 e. The van der Waals surface area contributed by atoms with Crippen LogP contribution in [0, 0.1) is 18.3 Å². The van der Waals surface area contributed by atoms with Gasteiger partial charge in [0.1, 0.15) is 11.6 Å². The van der Waals surface area contributed by atoms with Gasteiger partial charge in [0.2, 0.25) is 0 Å². The highest BCUT2D eigenvalue weighted by molar-refractivity contribution is 9.10. The van der Waals surface area contributed by atoms with E-state index in [2.05, 4.69) is 21.2 Å². The molecule has 2 aromatic rings. The van der Waals surface area contributed by atoms with Crippen LogP contribution in [-0.4, -0.2) is 13.0 Å². The summed E-state index contributed by atoms with van der Waals surface area (Å²) in [6.45, 7) is 1.96. The molecule has 0 unspecified atom stereocenters. The van der Waals surface area contributed by atoms with Gasteiger partial charge >= 0.3 is 0 Å². The third kappa shape index (κ3) is 4.38. The third-order valence-corrected chi connectivity index (χ3v) is 4.08. The van der Waals surface area contributed by atoms with Gasteiger partial charge in [-0.3, -0.25) is 4.79 Å². The first-order valence-corrected chi connectivity index (χ1v) is 8.14. The lowest BCUT2D eigenvalue weighted by Crippen LogP contribution is -2.13. The Morgan fingerprint density at radius 2 is 2.00 bits per heavy atom. The van der Waals surface area contributed by atoms with E-state index in [0.717, 1.165) is 5.56 Å². The van der Waals surface area contributed by atoms with Crippen LogP contribution in [0.15, 0.2) is 46.4 Å². The van der Waals surface area contributed by atoms with E-state index < -0.39 is 5.91 Å². The summed E-state index contributed by atoms with van der Waals surface area (Å²) in [6, 6.07) is 12.6. The molecule has 0 atom stereocenters. The maximum absolute atomic E-state index is 12.3. The molecule has 0 saturated carbocycles. The highest BCUT2D eigenvalue weighted by Crippen LogP contribution is 2.34. The van der Waals surface area contributed by atoms with Gasteiger partial charge in [0.25, 0.3) is 5.91 Å². The summed E-state index contributed by atoms with van der Waals surface area (Å²) in [5.41, 5.74) is 2.30. The van der Waals surface area contributed by atoms with Crippen LogP contribution in [0.4, 0.5) is 5.69 Å². The molecule has 1 amide bonds. The van der Waals surface area contributed by atoms with Crippen LogP contribution in [0.3, 0.4) is 0 Å². The Morgan fingerprint density at radius 1 is 1.33 bits per heavy atom. The molecule has 0 fully saturated rings. The fourth-order valence-corrected chi connectivity index (χ4v) is 3.07. The standard InChI is InChI=1S/C18H14BrClN2O2/c1-11-3-5-14(6-4-11)22-18(23)13(10-21)7-12-8-15(19)17(24-2)16(20)9-12/h3-9H,1-2H3,(H,22,23)/b13-7-. The molecule has 0 aliphatic carbocycles. The average Bonchev–Trinajstić information content (AvgIpc) is 2.54. The van der Waals surface area contributed by atoms with Crippen molar-refractivity contribution in [2.75, 3.05) is 12.4 Å². The van der Waals surface area contributed by atoms with Gasteiger partial charge in [-0.2, -0.15) is 5.26 Å². The number of hydrogen-bond donors (Lipinski definition) is 1. The Hall–Kier alpha value is -2.29. The number of rotatable bonds is 4. The van der Waals surface area contributed by atoms with E-state index in [1.165, 1.54) is 13.2 Å². The zero-order valence-corrected chi connectivity index (χ0v) is 15.4. The van der Waals surface area contributed by atoms with E-state index in [0.29, 0.717) is 26.5 Å². The molecule has 6 heteroatoms. The van der Waals surface area contributed by atoms with Gasteiger partial charge in [0.05, 0.1) is 16.6 Å². The number of halogens is 2. The summed E-state index contributed by atoms with van der Waals surface area (Å²) >= 11 is 9.46. The van der Waals surface area contributed by atoms with Crippen LogP contribution in [0.1, 0.15) is 11.1 Å². The Bertz CT molecular complexity index is 816. The number of methoxy groups -OCH3 is 1. The molecule has 2 rings (SSSR count). The fourth-order valence-electron chi connectivity index (χ4n) is 2.01. The van der Waals surface area contributed by atoms with Crippen molar-refractivity contribution in [1.29, 1.82) is 5.26 Å². The van der Waals surface area contributed by atoms with Gasteiger partial charge in [-0.1, -0.05) is 29.3 Å². The minimum absolute atomic E-state index is 0.0243. The minimum atomic E-state index is -0.482. The first-order valence-electron chi connectivity index (χ1n) is 6.97. The fraction of sp³-hybridized carbons (Fsp3) is 0.111. The Balaban J connectivity index is 2.27. The zero-order valence-electron chi connectivity index (χ0n) is 13.1. The third-order valence-electron chi connectivity index (χ3n) is 3.21. The number of nitrogens with zero attached hydrogens (tertiary/aromatic N) is 1. The van der Waals surface area contributed by atoms with E-state index in [4.69, 9.17) is 16.3 Å². The lowest BCUT2D eigenvalue weighted by Gasteiger charge is -2.08. The predicted molar refractivity (Wildman–Crippen MR) is 99.1 cm³/mol. The number of benzene rings is 2. The highest BCUT2D eigenvalue weighted by atomic mass is 79.9. The van der Waals surface area contributed by atoms with Crippen molar-refractivity contribution in [2.45, 2.75) is 6.92 Å². The molecule has 1 N–H and O–H groups in total. The van der Waals surface area contributed by atoms with E-state index in [1.54, 1.807) is 24.3 Å². The summed E-state index contributed by atoms with van der Waals surface area (Å²) in [5, 5.41) is 12.3. The maximum atomic E-state index is 12.3. The van der Waals surface area contributed by atoms with E-state index in [-0.39, 0.29) is 5.57 Å². The molecule has 0 saturated heterocycles. The Kier molecular flexibility index (Phi) is 6.02. The second kappa shape index (κ2) is 8.00. The molecular formula is C18H14BrClN2O2. The second-order valence-electron chi connectivity index (χ2n) is 5.01. The predicted octanol–water partition coefficient (Wildman–Crippen LogP) is 4.97. The summed E-state index contributed by atoms with van der Waals surface area (Å²) in [7, 11) is 1.51. The van der Waals surface area contributed by atoms with E-state index in [1.807, 2.05) is 25.1 Å². The van der Waals surface area contributed by atoms with Gasteiger partial charge in [-0.15, -0.1) is 0 Å². The number of ether oxygens (including phenoxy) is 1. The summed E-state index contributed by atoms with van der Waals surface area (Å²) in [4.78, 5) is 12.3. The van der Waals surface area contributed by atoms with Crippen molar-refractivity contribution in [3.05, 3.63) is 62.6 Å². The lowest BCUT2D eigenvalue weighted by atomic mass is 10.1. The van der Waals surface area contributed by atoms with Crippen LogP contribution in [-0.2, 0) is 4.79 Å². The molecule has 0 aliphatic heterocycles. The van der Waals surface area contributed by atoms with Crippen molar-refractivity contribution in [2.24, 2.45) is 0 Å². The molecule has 0 heterocycles. The van der Waals surface area contributed by atoms with Crippen LogP contribution in [0.2, 0.25) is 5.02 Å². The largest absolute Gasteiger partial charge is 0.494 e. The number of carbonyl (C=O) groups is 1. The number of anilines is 1. The Morgan fingerprint density at radius 3 is 2.54 bits per heavy atom. The van der Waals surface area contributed by atoms with Gasteiger partial charge in [0.15, 0.2) is 5.75 Å². The van der Waals surface area contributed by atoms with Crippen LogP contribution < -0.4 is 10.1 Å².